The van der Waals surface area contributed by atoms with Crippen molar-refractivity contribution in [2.45, 2.75) is 58.5 Å². The van der Waals surface area contributed by atoms with E-state index in [1.807, 2.05) is 11.0 Å². The van der Waals surface area contributed by atoms with Crippen LogP contribution in [0.4, 0.5) is 11.4 Å². The number of likely N-dealkylation sites (tertiary alicyclic amines) is 1. The normalized spacial score (nSPS) is 25.2. The van der Waals surface area contributed by atoms with Crippen LogP contribution in [0.15, 0.2) is 18.2 Å². The molecule has 2 N–H and O–H groups in total. The average molecular weight is 456 g/mol. The number of rotatable bonds is 5. The van der Waals surface area contributed by atoms with Gasteiger partial charge in [-0.25, -0.2) is 0 Å². The molecule has 3 amide bonds. The molecule has 0 bridgehead atoms. The lowest BCUT2D eigenvalue weighted by Crippen LogP contribution is -2.54. The molecule has 2 unspecified atom stereocenters. The smallest absolute Gasteiger partial charge is 0.249 e. The zero-order valence-electron chi connectivity index (χ0n) is 20.1. The zero-order chi connectivity index (χ0) is 23.5. The molecular weight excluding hydrogens is 418 g/mol. The molecule has 2 atom stereocenters. The second-order valence-electron chi connectivity index (χ2n) is 9.89. The van der Waals surface area contributed by atoms with Crippen LogP contribution >= 0.6 is 0 Å². The van der Waals surface area contributed by atoms with E-state index in [1.165, 1.54) is 11.3 Å². The maximum absolute atomic E-state index is 12.0. The topological polar surface area (TPSA) is 85.0 Å². The molecule has 0 saturated carbocycles. The number of carbonyl (C=O) groups is 3. The van der Waals surface area contributed by atoms with Gasteiger partial charge in [0.15, 0.2) is 0 Å². The maximum Gasteiger partial charge on any atom is 0.249 e. The van der Waals surface area contributed by atoms with E-state index in [1.54, 1.807) is 6.92 Å². The summed E-state index contributed by atoms with van der Waals surface area (Å²) in [6.45, 7) is 12.0. The van der Waals surface area contributed by atoms with Crippen molar-refractivity contribution in [3.05, 3.63) is 23.8 Å². The van der Waals surface area contributed by atoms with E-state index in [0.29, 0.717) is 24.8 Å². The summed E-state index contributed by atoms with van der Waals surface area (Å²) in [5, 5.41) is 5.68. The Bertz CT molecular complexity index is 896. The quantitative estimate of drug-likeness (QED) is 0.661. The van der Waals surface area contributed by atoms with Gasteiger partial charge in [-0.3, -0.25) is 24.6 Å². The molecule has 0 radical (unpaired) electrons. The molecule has 1 aromatic rings. The molecule has 0 aliphatic carbocycles. The molecule has 8 nitrogen and oxygen atoms in total. The fraction of sp³-hybridized carbons (Fsp3) is 0.640. The van der Waals surface area contributed by atoms with Crippen molar-refractivity contribution in [1.29, 1.82) is 0 Å². The lowest BCUT2D eigenvalue weighted by Gasteiger charge is -2.43. The first-order valence-electron chi connectivity index (χ1n) is 12.3. The van der Waals surface area contributed by atoms with Gasteiger partial charge < -0.3 is 15.1 Å². The second kappa shape index (κ2) is 10.1. The maximum atomic E-state index is 12.0. The van der Waals surface area contributed by atoms with Crippen molar-refractivity contribution >= 4 is 29.1 Å². The molecule has 3 aliphatic rings. The third kappa shape index (κ3) is 5.66. The summed E-state index contributed by atoms with van der Waals surface area (Å²) in [5.41, 5.74) is 3.34. The van der Waals surface area contributed by atoms with E-state index in [2.05, 4.69) is 46.4 Å². The van der Waals surface area contributed by atoms with Crippen LogP contribution < -0.4 is 15.5 Å². The molecule has 33 heavy (non-hydrogen) atoms. The Balaban J connectivity index is 1.30. The number of carbonyl (C=O) groups excluding carboxylic acids is 3. The molecule has 0 spiro atoms. The van der Waals surface area contributed by atoms with Crippen molar-refractivity contribution < 1.29 is 14.4 Å². The van der Waals surface area contributed by atoms with E-state index < -0.39 is 0 Å². The fourth-order valence-electron chi connectivity index (χ4n) is 5.38. The summed E-state index contributed by atoms with van der Waals surface area (Å²) in [6, 6.07) is 6.39. The van der Waals surface area contributed by atoms with Crippen molar-refractivity contribution in [2.75, 3.05) is 49.5 Å². The fourth-order valence-corrected chi connectivity index (χ4v) is 5.38. The number of hydrogen-bond donors (Lipinski definition) is 2. The first kappa shape index (κ1) is 23.5. The Morgan fingerprint density at radius 2 is 1.88 bits per heavy atom. The van der Waals surface area contributed by atoms with Gasteiger partial charge in [-0.2, -0.15) is 0 Å². The summed E-state index contributed by atoms with van der Waals surface area (Å²) in [6.07, 6.45) is 3.11. The van der Waals surface area contributed by atoms with E-state index in [9.17, 15) is 14.4 Å². The largest absolute Gasteiger partial charge is 0.374 e. The predicted molar refractivity (Wildman–Crippen MR) is 129 cm³/mol. The first-order valence-corrected chi connectivity index (χ1v) is 12.3. The number of nitrogens with one attached hydrogen (secondary N) is 2. The number of hydrogen-bond acceptors (Lipinski definition) is 6. The van der Waals surface area contributed by atoms with Crippen LogP contribution in [-0.4, -0.2) is 78.9 Å². The van der Waals surface area contributed by atoms with Crippen molar-refractivity contribution in [2.24, 2.45) is 5.92 Å². The first-order chi connectivity index (χ1) is 15.8. The van der Waals surface area contributed by atoms with E-state index in [4.69, 9.17) is 0 Å². The van der Waals surface area contributed by atoms with E-state index in [0.717, 1.165) is 57.8 Å². The Kier molecular flexibility index (Phi) is 7.22. The molecule has 4 rings (SSSR count). The minimum absolute atomic E-state index is 0.195. The van der Waals surface area contributed by atoms with Gasteiger partial charge >= 0.3 is 0 Å². The van der Waals surface area contributed by atoms with Crippen molar-refractivity contribution in [3.8, 4) is 0 Å². The highest BCUT2D eigenvalue weighted by molar-refractivity contribution is 6.01. The Morgan fingerprint density at radius 3 is 2.52 bits per heavy atom. The standard InChI is InChI=1S/C25H37N5O3/c1-17-14-21(26-22-5-7-24(32)27-25(22)33)4-6-23(17)30-13-12-29(18(2)15-30)16-20-8-10-28(11-9-20)19(3)31/h4,6,14,18,20,22,26H,5,7-13,15-16H2,1-3H3,(H,27,32,33). The molecule has 3 aliphatic heterocycles. The van der Waals surface area contributed by atoms with Crippen LogP contribution in [0.25, 0.3) is 0 Å². The number of anilines is 2. The number of piperazine rings is 1. The van der Waals surface area contributed by atoms with Crippen LogP contribution in [0.2, 0.25) is 0 Å². The summed E-state index contributed by atoms with van der Waals surface area (Å²) in [5.74, 6) is 0.433. The van der Waals surface area contributed by atoms with Gasteiger partial charge in [0.05, 0.1) is 0 Å². The number of aryl methyl sites for hydroxylation is 1. The minimum atomic E-state index is -0.362. The molecule has 180 valence electrons. The third-order valence-electron chi connectivity index (χ3n) is 7.44. The van der Waals surface area contributed by atoms with Gasteiger partial charge in [0.1, 0.15) is 6.04 Å². The Morgan fingerprint density at radius 1 is 1.12 bits per heavy atom. The lowest BCUT2D eigenvalue weighted by atomic mass is 9.95. The minimum Gasteiger partial charge on any atom is -0.374 e. The molecule has 8 heteroatoms. The highest BCUT2D eigenvalue weighted by Crippen LogP contribution is 2.28. The number of piperidine rings is 2. The molecule has 0 aromatic heterocycles. The predicted octanol–water partition coefficient (Wildman–Crippen LogP) is 1.98. The Hall–Kier alpha value is -2.61. The molecule has 1 aromatic carbocycles. The van der Waals surface area contributed by atoms with Crippen LogP contribution in [-0.2, 0) is 14.4 Å². The van der Waals surface area contributed by atoms with Gasteiger partial charge in [0.2, 0.25) is 17.7 Å². The highest BCUT2D eigenvalue weighted by Gasteiger charge is 2.29. The monoisotopic (exact) mass is 455 g/mol. The average Bonchev–Trinajstić information content (AvgIpc) is 2.78. The van der Waals surface area contributed by atoms with E-state index >= 15 is 0 Å². The zero-order valence-corrected chi connectivity index (χ0v) is 20.1. The summed E-state index contributed by atoms with van der Waals surface area (Å²) >= 11 is 0. The van der Waals surface area contributed by atoms with Crippen LogP contribution in [0.1, 0.15) is 45.1 Å². The summed E-state index contributed by atoms with van der Waals surface area (Å²) < 4.78 is 0. The van der Waals surface area contributed by atoms with Gasteiger partial charge in [0, 0.05) is 70.0 Å². The number of nitrogens with zero attached hydrogens (tertiary/aromatic N) is 3. The van der Waals surface area contributed by atoms with Crippen molar-refractivity contribution in [3.63, 3.8) is 0 Å². The number of imide groups is 1. The lowest BCUT2D eigenvalue weighted by molar-refractivity contribution is -0.134. The number of amides is 3. The van der Waals surface area contributed by atoms with Crippen LogP contribution in [0.3, 0.4) is 0 Å². The Labute approximate surface area is 196 Å². The van der Waals surface area contributed by atoms with Gasteiger partial charge in [0.25, 0.3) is 0 Å². The van der Waals surface area contributed by atoms with Crippen LogP contribution in [0.5, 0.6) is 0 Å². The number of benzene rings is 1. The highest BCUT2D eigenvalue weighted by atomic mass is 16.2. The molecular formula is C25H37N5O3. The third-order valence-corrected chi connectivity index (χ3v) is 7.44. The van der Waals surface area contributed by atoms with Gasteiger partial charge in [-0.15, -0.1) is 0 Å². The SMILES string of the molecule is CC(=O)N1CCC(CN2CCN(c3ccc(NC4CCC(=O)NC4=O)cc3C)CC2C)CC1. The summed E-state index contributed by atoms with van der Waals surface area (Å²) in [7, 11) is 0. The second-order valence-corrected chi connectivity index (χ2v) is 9.89. The molecule has 3 saturated heterocycles. The molecule has 3 heterocycles. The molecule has 3 fully saturated rings. The van der Waals surface area contributed by atoms with Gasteiger partial charge in [-0.05, 0) is 62.8 Å². The van der Waals surface area contributed by atoms with Crippen LogP contribution in [0, 0.1) is 12.8 Å². The van der Waals surface area contributed by atoms with Gasteiger partial charge in [-0.1, -0.05) is 0 Å². The van der Waals surface area contributed by atoms with Crippen molar-refractivity contribution in [1.82, 2.24) is 15.1 Å². The summed E-state index contributed by atoms with van der Waals surface area (Å²) in [4.78, 5) is 42.0. The van der Waals surface area contributed by atoms with E-state index in [-0.39, 0.29) is 23.8 Å².